The molecule has 0 aliphatic rings. The van der Waals surface area contributed by atoms with E-state index in [1.54, 1.807) is 0 Å². The summed E-state index contributed by atoms with van der Waals surface area (Å²) < 4.78 is 9.61. The van der Waals surface area contributed by atoms with Gasteiger partial charge in [0, 0.05) is 0 Å². The molecule has 1 atom stereocenters. The summed E-state index contributed by atoms with van der Waals surface area (Å²) in [5.41, 5.74) is 0. The number of fused-ring (bicyclic) bond motifs is 1. The van der Waals surface area contributed by atoms with Crippen LogP contribution in [0, 0.1) is 0 Å². The van der Waals surface area contributed by atoms with Gasteiger partial charge in [-0.25, -0.2) is 0 Å². The molecule has 0 bridgehead atoms. The van der Waals surface area contributed by atoms with Crippen LogP contribution in [0.2, 0.25) is 0 Å². The summed E-state index contributed by atoms with van der Waals surface area (Å²) in [4.78, 5) is 0. The maximum atomic E-state index is 5.78. The van der Waals surface area contributed by atoms with Crippen molar-refractivity contribution in [2.24, 2.45) is 0 Å². The van der Waals surface area contributed by atoms with Crippen molar-refractivity contribution < 1.29 is 4.74 Å². The van der Waals surface area contributed by atoms with Gasteiger partial charge in [0.15, 0.2) is 0 Å². The molecule has 1 unspecified atom stereocenters. The topological polar surface area (TPSA) is 9.23 Å². The molecule has 2 aromatic rings. The molecule has 0 N–H and O–H groups in total. The molecule has 0 aliphatic heterocycles. The first-order valence-electron chi connectivity index (χ1n) is 4.93. The summed E-state index contributed by atoms with van der Waals surface area (Å²) in [6, 6.07) is 8.68. The van der Waals surface area contributed by atoms with E-state index in [1.165, 1.54) is 8.79 Å². The summed E-state index contributed by atoms with van der Waals surface area (Å²) in [5.74, 6) is 1.03. The summed E-state index contributed by atoms with van der Waals surface area (Å²) in [5, 5.41) is 1.39. The number of ether oxygens (including phenoxy) is 1. The molecule has 0 saturated carbocycles. The molecule has 74 valence electrons. The molecule has 1 heterocycles. The number of hydrogen-bond donors (Lipinski definition) is 0. The normalized spacial score (nSPS) is 13.0. The van der Waals surface area contributed by atoms with Gasteiger partial charge < -0.3 is 0 Å². The Bertz CT molecular complexity index is 419. The zero-order chi connectivity index (χ0) is 9.97. The van der Waals surface area contributed by atoms with Crippen molar-refractivity contribution in [3.05, 3.63) is 28.3 Å². The van der Waals surface area contributed by atoms with Crippen LogP contribution in [0.5, 0.6) is 5.75 Å². The molecule has 0 spiro atoms. The average Bonchev–Trinajstić information content (AvgIpc) is 2.64. The fraction of sp³-hybridized carbons (Fsp3) is 0.333. The van der Waals surface area contributed by atoms with Crippen molar-refractivity contribution in [2.45, 2.75) is 26.4 Å². The first kappa shape index (κ1) is 10.1. The zero-order valence-corrected chi connectivity index (χ0v) is 10.8. The molecular weight excluding hydrogens is 288 g/mol. The van der Waals surface area contributed by atoms with E-state index < -0.39 is 0 Å². The van der Waals surface area contributed by atoms with Crippen LogP contribution in [0.4, 0.5) is 0 Å². The van der Waals surface area contributed by atoms with E-state index >= 15 is 0 Å². The second-order valence-corrected chi connectivity index (χ2v) is 6.16. The van der Waals surface area contributed by atoms with Crippen molar-refractivity contribution in [1.82, 2.24) is 0 Å². The van der Waals surface area contributed by atoms with Gasteiger partial charge >= 0.3 is 94.4 Å². The van der Waals surface area contributed by atoms with Crippen LogP contribution < -0.4 is 4.74 Å². The first-order valence-corrected chi connectivity index (χ1v) is 7.44. The van der Waals surface area contributed by atoms with E-state index in [0.717, 1.165) is 12.2 Å². The number of rotatable bonds is 3. The molecule has 0 aliphatic carbocycles. The van der Waals surface area contributed by atoms with Crippen LogP contribution in [-0.4, -0.2) is 26.5 Å². The SMILES string of the molecule is CCC(C)Oc1ccc2cc[te]c2c1. The van der Waals surface area contributed by atoms with Crippen molar-refractivity contribution in [2.75, 3.05) is 0 Å². The van der Waals surface area contributed by atoms with Gasteiger partial charge in [-0.15, -0.1) is 0 Å². The minimum atomic E-state index is -0.0551. The summed E-state index contributed by atoms with van der Waals surface area (Å²) in [7, 11) is 0. The number of hydrogen-bond acceptors (Lipinski definition) is 1. The van der Waals surface area contributed by atoms with E-state index in [0.29, 0.717) is 6.10 Å². The average molecular weight is 302 g/mol. The maximum absolute atomic E-state index is 5.78. The molecule has 1 aromatic heterocycles. The second kappa shape index (κ2) is 4.38. The summed E-state index contributed by atoms with van der Waals surface area (Å²) >= 11 is -0.0551. The third-order valence-electron chi connectivity index (χ3n) is 2.34. The van der Waals surface area contributed by atoms with Gasteiger partial charge in [0.25, 0.3) is 0 Å². The molecule has 0 radical (unpaired) electrons. The Morgan fingerprint density at radius 1 is 1.36 bits per heavy atom. The van der Waals surface area contributed by atoms with Crippen molar-refractivity contribution in [1.29, 1.82) is 0 Å². The van der Waals surface area contributed by atoms with Gasteiger partial charge in [-0.1, -0.05) is 0 Å². The van der Waals surface area contributed by atoms with Crippen LogP contribution in [0.3, 0.4) is 0 Å². The van der Waals surface area contributed by atoms with Gasteiger partial charge in [0.1, 0.15) is 0 Å². The van der Waals surface area contributed by atoms with Crippen molar-refractivity contribution >= 4 is 29.2 Å². The molecule has 0 amide bonds. The van der Waals surface area contributed by atoms with Gasteiger partial charge in [-0.2, -0.15) is 0 Å². The van der Waals surface area contributed by atoms with E-state index in [4.69, 9.17) is 4.74 Å². The van der Waals surface area contributed by atoms with Crippen LogP contribution in [-0.2, 0) is 0 Å². The first-order chi connectivity index (χ1) is 6.79. The molecule has 2 heteroatoms. The van der Waals surface area contributed by atoms with E-state index in [1.807, 2.05) is 0 Å². The second-order valence-electron chi connectivity index (χ2n) is 3.46. The predicted octanol–water partition coefficient (Wildman–Crippen LogP) is 3.07. The standard InChI is InChI=1S/C12H14OTe/c1-3-9(2)13-11-5-4-10-6-7-14-12(10)8-11/h4-9H,3H2,1-2H3. The van der Waals surface area contributed by atoms with Crippen LogP contribution in [0.1, 0.15) is 20.3 Å². The third kappa shape index (κ3) is 2.13. The Hall–Kier alpha value is -0.450. The Morgan fingerprint density at radius 3 is 3.00 bits per heavy atom. The Kier molecular flexibility index (Phi) is 3.15. The quantitative estimate of drug-likeness (QED) is 0.792. The number of benzene rings is 1. The predicted molar refractivity (Wildman–Crippen MR) is 61.3 cm³/mol. The molecule has 1 nitrogen and oxygen atoms in total. The van der Waals surface area contributed by atoms with E-state index in [9.17, 15) is 0 Å². The fourth-order valence-electron chi connectivity index (χ4n) is 1.32. The zero-order valence-electron chi connectivity index (χ0n) is 8.49. The summed E-state index contributed by atoms with van der Waals surface area (Å²) in [6.45, 7) is 4.26. The van der Waals surface area contributed by atoms with Crippen LogP contribution in [0.25, 0.3) is 8.79 Å². The fourth-order valence-corrected chi connectivity index (χ4v) is 3.66. The molecule has 2 rings (SSSR count). The van der Waals surface area contributed by atoms with Crippen LogP contribution in [0.15, 0.2) is 28.3 Å². The molecule has 1 aromatic carbocycles. The third-order valence-corrected chi connectivity index (χ3v) is 4.85. The monoisotopic (exact) mass is 304 g/mol. The van der Waals surface area contributed by atoms with Crippen LogP contribution >= 0.6 is 0 Å². The van der Waals surface area contributed by atoms with Gasteiger partial charge in [-0.3, -0.25) is 0 Å². The Morgan fingerprint density at radius 2 is 2.21 bits per heavy atom. The van der Waals surface area contributed by atoms with E-state index in [2.05, 4.69) is 42.2 Å². The van der Waals surface area contributed by atoms with Gasteiger partial charge in [0.2, 0.25) is 0 Å². The molecular formula is C12H14OTe. The minimum absolute atomic E-state index is 0.0551. The summed E-state index contributed by atoms with van der Waals surface area (Å²) in [6.07, 6.45) is 1.38. The van der Waals surface area contributed by atoms with Crippen molar-refractivity contribution in [3.8, 4) is 5.75 Å². The Labute approximate surface area is 94.3 Å². The Balaban J connectivity index is 2.25. The molecule has 0 fully saturated rings. The van der Waals surface area contributed by atoms with Crippen molar-refractivity contribution in [3.63, 3.8) is 0 Å². The van der Waals surface area contributed by atoms with Gasteiger partial charge in [-0.05, 0) is 0 Å². The van der Waals surface area contributed by atoms with Gasteiger partial charge in [0.05, 0.1) is 0 Å². The molecule has 14 heavy (non-hydrogen) atoms. The molecule has 0 saturated heterocycles. The van der Waals surface area contributed by atoms with E-state index in [-0.39, 0.29) is 20.4 Å².